The van der Waals surface area contributed by atoms with Crippen LogP contribution in [-0.2, 0) is 0 Å². The average molecular weight is 165 g/mol. The van der Waals surface area contributed by atoms with Gasteiger partial charge in [-0.15, -0.1) is 6.58 Å². The molecule has 0 spiro atoms. The molecule has 12 heavy (non-hydrogen) atoms. The smallest absolute Gasteiger partial charge is 0.0219 e. The maximum atomic E-state index is 3.75. The highest BCUT2D eigenvalue weighted by molar-refractivity contribution is 4.91. The molecule has 0 saturated carbocycles. The van der Waals surface area contributed by atoms with Gasteiger partial charge in [0.2, 0.25) is 0 Å². The molecule has 1 heteroatoms. The molecule has 0 aromatic carbocycles. The van der Waals surface area contributed by atoms with Crippen LogP contribution in [0.1, 0.15) is 26.2 Å². The van der Waals surface area contributed by atoms with Crippen LogP contribution in [0.15, 0.2) is 24.8 Å². The van der Waals surface area contributed by atoms with Crippen LogP contribution in [0.25, 0.3) is 0 Å². The first-order valence-electron chi connectivity index (χ1n) is 4.84. The summed E-state index contributed by atoms with van der Waals surface area (Å²) in [5.41, 5.74) is 0. The molecule has 2 atom stereocenters. The van der Waals surface area contributed by atoms with E-state index in [9.17, 15) is 0 Å². The predicted octanol–water partition coefficient (Wildman–Crippen LogP) is 2.51. The molecule has 0 radical (unpaired) electrons. The van der Waals surface area contributed by atoms with Gasteiger partial charge < -0.3 is 5.32 Å². The van der Waals surface area contributed by atoms with Crippen LogP contribution in [0.2, 0.25) is 0 Å². The summed E-state index contributed by atoms with van der Waals surface area (Å²) in [7, 11) is 0. The number of hydrogen-bond donors (Lipinski definition) is 1. The summed E-state index contributed by atoms with van der Waals surface area (Å²) in [4.78, 5) is 0. The minimum Gasteiger partial charge on any atom is -0.311 e. The third-order valence-corrected chi connectivity index (χ3v) is 2.46. The van der Waals surface area contributed by atoms with Gasteiger partial charge in [-0.3, -0.25) is 0 Å². The van der Waals surface area contributed by atoms with E-state index in [0.29, 0.717) is 6.04 Å². The Morgan fingerprint density at radius 2 is 2.50 bits per heavy atom. The van der Waals surface area contributed by atoms with Crippen molar-refractivity contribution in [1.29, 1.82) is 0 Å². The highest BCUT2D eigenvalue weighted by atomic mass is 14.9. The first-order valence-corrected chi connectivity index (χ1v) is 4.84. The molecule has 68 valence electrons. The summed E-state index contributed by atoms with van der Waals surface area (Å²) in [6.45, 7) is 7.03. The van der Waals surface area contributed by atoms with Crippen molar-refractivity contribution in [3.05, 3.63) is 24.8 Å². The lowest BCUT2D eigenvalue weighted by molar-refractivity contribution is 0.430. The summed E-state index contributed by atoms with van der Waals surface area (Å²) in [5, 5.41) is 3.45. The Kier molecular flexibility index (Phi) is 4.09. The Labute approximate surface area is 75.6 Å². The fourth-order valence-electron chi connectivity index (χ4n) is 1.48. The van der Waals surface area contributed by atoms with Crippen molar-refractivity contribution >= 4 is 0 Å². The maximum absolute atomic E-state index is 3.75. The SMILES string of the molecule is C=CC(C)NCC1CC=CCC1. The standard InChI is InChI=1S/C11H19N/c1-3-10(2)12-9-11-7-5-4-6-8-11/h3-5,10-12H,1,6-9H2,2H3. The normalized spacial score (nSPS) is 25.2. The van der Waals surface area contributed by atoms with Gasteiger partial charge in [0.25, 0.3) is 0 Å². The van der Waals surface area contributed by atoms with Gasteiger partial charge in [0.1, 0.15) is 0 Å². The van der Waals surface area contributed by atoms with E-state index in [1.807, 2.05) is 6.08 Å². The van der Waals surface area contributed by atoms with Crippen LogP contribution >= 0.6 is 0 Å². The van der Waals surface area contributed by atoms with Crippen molar-refractivity contribution in [2.45, 2.75) is 32.2 Å². The molecule has 0 amide bonds. The molecular formula is C11H19N. The van der Waals surface area contributed by atoms with E-state index < -0.39 is 0 Å². The molecule has 0 bridgehead atoms. The van der Waals surface area contributed by atoms with Crippen LogP contribution in [0.5, 0.6) is 0 Å². The zero-order valence-corrected chi connectivity index (χ0v) is 7.92. The largest absolute Gasteiger partial charge is 0.311 e. The quantitative estimate of drug-likeness (QED) is 0.631. The van der Waals surface area contributed by atoms with E-state index in [-0.39, 0.29) is 0 Å². The lowest BCUT2D eigenvalue weighted by Gasteiger charge is -2.19. The molecule has 0 aliphatic heterocycles. The number of nitrogens with one attached hydrogen (secondary N) is 1. The van der Waals surface area contributed by atoms with Crippen LogP contribution in [0.4, 0.5) is 0 Å². The molecule has 1 rings (SSSR count). The molecule has 1 aliphatic carbocycles. The first-order chi connectivity index (χ1) is 5.83. The minimum absolute atomic E-state index is 0.455. The van der Waals surface area contributed by atoms with Gasteiger partial charge in [-0.25, -0.2) is 0 Å². The maximum Gasteiger partial charge on any atom is 0.0219 e. The Bertz CT molecular complexity index is 160. The van der Waals surface area contributed by atoms with Gasteiger partial charge in [0, 0.05) is 6.04 Å². The van der Waals surface area contributed by atoms with E-state index in [2.05, 4.69) is 31.0 Å². The molecule has 0 aromatic rings. The van der Waals surface area contributed by atoms with Gasteiger partial charge >= 0.3 is 0 Å². The molecule has 0 aromatic heterocycles. The fourth-order valence-corrected chi connectivity index (χ4v) is 1.48. The van der Waals surface area contributed by atoms with Crippen molar-refractivity contribution in [2.75, 3.05) is 6.54 Å². The van der Waals surface area contributed by atoms with Crippen LogP contribution in [-0.4, -0.2) is 12.6 Å². The highest BCUT2D eigenvalue weighted by Crippen LogP contribution is 2.16. The van der Waals surface area contributed by atoms with Gasteiger partial charge in [0.05, 0.1) is 0 Å². The van der Waals surface area contributed by atoms with Crippen molar-refractivity contribution in [3.8, 4) is 0 Å². The summed E-state index contributed by atoms with van der Waals surface area (Å²) in [6.07, 6.45) is 10.4. The summed E-state index contributed by atoms with van der Waals surface area (Å²) in [6, 6.07) is 0.455. The molecule has 2 unspecified atom stereocenters. The van der Waals surface area contributed by atoms with Gasteiger partial charge in [-0.05, 0) is 38.6 Å². The molecular weight excluding hydrogens is 146 g/mol. The molecule has 0 fully saturated rings. The zero-order valence-electron chi connectivity index (χ0n) is 7.92. The monoisotopic (exact) mass is 165 g/mol. The predicted molar refractivity (Wildman–Crippen MR) is 54.1 cm³/mol. The van der Waals surface area contributed by atoms with Crippen LogP contribution in [0.3, 0.4) is 0 Å². The van der Waals surface area contributed by atoms with Gasteiger partial charge in [-0.2, -0.15) is 0 Å². The zero-order chi connectivity index (χ0) is 8.81. The molecule has 1 nitrogen and oxygen atoms in total. The highest BCUT2D eigenvalue weighted by Gasteiger charge is 2.09. The van der Waals surface area contributed by atoms with Crippen LogP contribution < -0.4 is 5.32 Å². The van der Waals surface area contributed by atoms with Crippen molar-refractivity contribution in [2.24, 2.45) is 5.92 Å². The van der Waals surface area contributed by atoms with Crippen molar-refractivity contribution < 1.29 is 0 Å². The lowest BCUT2D eigenvalue weighted by Crippen LogP contribution is -2.29. The van der Waals surface area contributed by atoms with Gasteiger partial charge in [0.15, 0.2) is 0 Å². The summed E-state index contributed by atoms with van der Waals surface area (Å²) in [5.74, 6) is 0.845. The van der Waals surface area contributed by atoms with Crippen LogP contribution in [0, 0.1) is 5.92 Å². The molecule has 1 N–H and O–H groups in total. The summed E-state index contributed by atoms with van der Waals surface area (Å²) < 4.78 is 0. The van der Waals surface area contributed by atoms with Crippen molar-refractivity contribution in [1.82, 2.24) is 5.32 Å². The topological polar surface area (TPSA) is 12.0 Å². The van der Waals surface area contributed by atoms with E-state index in [4.69, 9.17) is 0 Å². The third kappa shape index (κ3) is 3.22. The second kappa shape index (κ2) is 5.15. The fraction of sp³-hybridized carbons (Fsp3) is 0.636. The minimum atomic E-state index is 0.455. The third-order valence-electron chi connectivity index (χ3n) is 2.46. The second-order valence-corrected chi connectivity index (χ2v) is 3.58. The van der Waals surface area contributed by atoms with Gasteiger partial charge in [-0.1, -0.05) is 18.2 Å². The van der Waals surface area contributed by atoms with E-state index in [1.54, 1.807) is 0 Å². The lowest BCUT2D eigenvalue weighted by atomic mass is 9.94. The Balaban J connectivity index is 2.14. The Hall–Kier alpha value is -0.560. The summed E-state index contributed by atoms with van der Waals surface area (Å²) >= 11 is 0. The van der Waals surface area contributed by atoms with Crippen molar-refractivity contribution in [3.63, 3.8) is 0 Å². The number of allylic oxidation sites excluding steroid dienone is 2. The first kappa shape index (κ1) is 9.53. The molecule has 1 aliphatic rings. The Morgan fingerprint density at radius 3 is 3.08 bits per heavy atom. The van der Waals surface area contributed by atoms with E-state index in [1.165, 1.54) is 19.3 Å². The Morgan fingerprint density at radius 1 is 1.67 bits per heavy atom. The molecule has 0 heterocycles. The second-order valence-electron chi connectivity index (χ2n) is 3.58. The van der Waals surface area contributed by atoms with E-state index in [0.717, 1.165) is 12.5 Å². The average Bonchev–Trinajstić information content (AvgIpc) is 2.16. The molecule has 0 saturated heterocycles. The number of hydrogen-bond acceptors (Lipinski definition) is 1. The number of rotatable bonds is 4. The van der Waals surface area contributed by atoms with E-state index >= 15 is 0 Å².